The Labute approximate surface area is 103 Å². The highest BCUT2D eigenvalue weighted by atomic mass is 19.4. The summed E-state index contributed by atoms with van der Waals surface area (Å²) in [7, 11) is 0. The topological polar surface area (TPSA) is 55.1 Å². The normalized spacial score (nSPS) is 15.1. The maximum atomic E-state index is 12.6. The molecule has 0 aliphatic rings. The largest absolute Gasteiger partial charge is 0.415 e. The predicted octanol–water partition coefficient (Wildman–Crippen LogP) is 2.52. The van der Waals surface area contributed by atoms with E-state index in [0.29, 0.717) is 23.7 Å². The molecule has 100 valence electrons. The van der Waals surface area contributed by atoms with Crippen LogP contribution in [0.15, 0.2) is 18.2 Å². The van der Waals surface area contributed by atoms with Gasteiger partial charge in [-0.3, -0.25) is 4.79 Å². The lowest BCUT2D eigenvalue weighted by Gasteiger charge is -2.26. The summed E-state index contributed by atoms with van der Waals surface area (Å²) in [6, 6.07) is 5.15. The van der Waals surface area contributed by atoms with Crippen LogP contribution in [0.1, 0.15) is 18.1 Å². The van der Waals surface area contributed by atoms with Crippen molar-refractivity contribution in [1.29, 1.82) is 0 Å². The molecule has 0 heterocycles. The van der Waals surface area contributed by atoms with Gasteiger partial charge in [-0.15, -0.1) is 0 Å². The molecule has 0 aromatic heterocycles. The zero-order valence-electron chi connectivity index (χ0n) is 10.4. The molecule has 0 spiro atoms. The lowest BCUT2D eigenvalue weighted by molar-refractivity contribution is -0.184. The maximum absolute atomic E-state index is 12.6. The molecule has 0 fully saturated rings. The smallest absolute Gasteiger partial charge is 0.324 e. The van der Waals surface area contributed by atoms with Crippen molar-refractivity contribution in [1.82, 2.24) is 0 Å². The van der Waals surface area contributed by atoms with E-state index in [2.05, 4.69) is 5.32 Å². The van der Waals surface area contributed by atoms with Crippen LogP contribution in [0.25, 0.3) is 0 Å². The average Bonchev–Trinajstić information content (AvgIpc) is 2.21. The molecule has 1 rings (SSSR count). The Morgan fingerprint density at radius 1 is 1.22 bits per heavy atom. The lowest BCUT2D eigenvalue weighted by Crippen LogP contribution is -2.59. The predicted molar refractivity (Wildman–Crippen MR) is 63.2 cm³/mol. The number of halogens is 3. The van der Waals surface area contributed by atoms with Crippen LogP contribution in [0.5, 0.6) is 0 Å². The minimum atomic E-state index is -4.80. The number of anilines is 1. The molecule has 1 amide bonds. The number of nitrogens with one attached hydrogen (secondary N) is 1. The summed E-state index contributed by atoms with van der Waals surface area (Å²) >= 11 is 0. The quantitative estimate of drug-likeness (QED) is 0.858. The van der Waals surface area contributed by atoms with Gasteiger partial charge in [0.2, 0.25) is 0 Å². The van der Waals surface area contributed by atoms with E-state index in [4.69, 9.17) is 5.73 Å². The van der Waals surface area contributed by atoms with Crippen LogP contribution in [-0.2, 0) is 4.79 Å². The molecule has 0 bridgehead atoms. The van der Waals surface area contributed by atoms with E-state index in [0.717, 1.165) is 0 Å². The van der Waals surface area contributed by atoms with Gasteiger partial charge in [0.05, 0.1) is 0 Å². The molecule has 6 heteroatoms. The molecule has 3 nitrogen and oxygen atoms in total. The SMILES string of the molecule is Cc1cccc(C)c1NC(=O)C(C)(N)C(F)(F)F. The molecule has 0 radical (unpaired) electrons. The van der Waals surface area contributed by atoms with Crippen molar-refractivity contribution in [2.45, 2.75) is 32.5 Å². The number of para-hydroxylation sites is 1. The highest BCUT2D eigenvalue weighted by Gasteiger charge is 2.54. The summed E-state index contributed by atoms with van der Waals surface area (Å²) < 4.78 is 37.8. The minimum Gasteiger partial charge on any atom is -0.324 e. The number of alkyl halides is 3. The van der Waals surface area contributed by atoms with Crippen LogP contribution in [0.2, 0.25) is 0 Å². The van der Waals surface area contributed by atoms with Gasteiger partial charge >= 0.3 is 6.18 Å². The zero-order chi connectivity index (χ0) is 14.1. The number of aryl methyl sites for hydroxylation is 2. The van der Waals surface area contributed by atoms with Gasteiger partial charge in [0.15, 0.2) is 5.54 Å². The third-order valence-electron chi connectivity index (χ3n) is 2.78. The Morgan fingerprint density at radius 2 is 1.67 bits per heavy atom. The first kappa shape index (κ1) is 14.5. The van der Waals surface area contributed by atoms with Crippen LogP contribution in [-0.4, -0.2) is 17.6 Å². The Hall–Kier alpha value is -1.56. The second kappa shape index (κ2) is 4.61. The van der Waals surface area contributed by atoms with Crippen molar-refractivity contribution in [3.63, 3.8) is 0 Å². The van der Waals surface area contributed by atoms with Gasteiger partial charge in [-0.2, -0.15) is 13.2 Å². The van der Waals surface area contributed by atoms with Crippen LogP contribution in [0.4, 0.5) is 18.9 Å². The van der Waals surface area contributed by atoms with Gasteiger partial charge in [0.1, 0.15) is 0 Å². The third kappa shape index (κ3) is 2.64. The van der Waals surface area contributed by atoms with Gasteiger partial charge in [-0.25, -0.2) is 0 Å². The summed E-state index contributed by atoms with van der Waals surface area (Å²) in [5.74, 6) is -1.27. The summed E-state index contributed by atoms with van der Waals surface area (Å²) in [5, 5.41) is 2.24. The van der Waals surface area contributed by atoms with E-state index < -0.39 is 17.6 Å². The van der Waals surface area contributed by atoms with E-state index in [1.54, 1.807) is 32.0 Å². The van der Waals surface area contributed by atoms with Crippen molar-refractivity contribution in [2.75, 3.05) is 5.32 Å². The second-order valence-corrected chi connectivity index (χ2v) is 4.42. The first-order valence-electron chi connectivity index (χ1n) is 5.30. The number of benzene rings is 1. The molecule has 0 saturated heterocycles. The molecule has 0 saturated carbocycles. The van der Waals surface area contributed by atoms with Crippen molar-refractivity contribution in [2.24, 2.45) is 5.73 Å². The van der Waals surface area contributed by atoms with E-state index in [-0.39, 0.29) is 0 Å². The third-order valence-corrected chi connectivity index (χ3v) is 2.78. The molecule has 1 aromatic rings. The maximum Gasteiger partial charge on any atom is 0.415 e. The monoisotopic (exact) mass is 260 g/mol. The first-order valence-corrected chi connectivity index (χ1v) is 5.30. The number of carbonyl (C=O) groups excluding carboxylic acids is 1. The average molecular weight is 260 g/mol. The van der Waals surface area contributed by atoms with Crippen molar-refractivity contribution >= 4 is 11.6 Å². The lowest BCUT2D eigenvalue weighted by atomic mass is 10.0. The summed E-state index contributed by atoms with van der Waals surface area (Å²) in [6.45, 7) is 4.05. The van der Waals surface area contributed by atoms with E-state index in [9.17, 15) is 18.0 Å². The highest BCUT2D eigenvalue weighted by molar-refractivity contribution is 5.99. The Balaban J connectivity index is 3.03. The van der Waals surface area contributed by atoms with Crippen molar-refractivity contribution < 1.29 is 18.0 Å². The number of carbonyl (C=O) groups is 1. The van der Waals surface area contributed by atoms with Crippen molar-refractivity contribution in [3.05, 3.63) is 29.3 Å². The number of rotatable bonds is 2. The molecule has 0 aliphatic carbocycles. The molecular weight excluding hydrogens is 245 g/mol. The van der Waals surface area contributed by atoms with Gasteiger partial charge in [0, 0.05) is 5.69 Å². The fourth-order valence-corrected chi connectivity index (χ4v) is 1.38. The molecule has 0 aliphatic heterocycles. The number of nitrogens with two attached hydrogens (primary N) is 1. The number of amides is 1. The zero-order valence-corrected chi connectivity index (χ0v) is 10.4. The fourth-order valence-electron chi connectivity index (χ4n) is 1.38. The van der Waals surface area contributed by atoms with Gasteiger partial charge in [-0.1, -0.05) is 18.2 Å². The number of hydrogen-bond donors (Lipinski definition) is 2. The van der Waals surface area contributed by atoms with Crippen LogP contribution in [0, 0.1) is 13.8 Å². The van der Waals surface area contributed by atoms with Crippen LogP contribution in [0.3, 0.4) is 0 Å². The van der Waals surface area contributed by atoms with Gasteiger partial charge in [-0.05, 0) is 31.9 Å². The fraction of sp³-hybridized carbons (Fsp3) is 0.417. The Bertz CT molecular complexity index is 447. The minimum absolute atomic E-state index is 0.364. The van der Waals surface area contributed by atoms with Crippen molar-refractivity contribution in [3.8, 4) is 0 Å². The second-order valence-electron chi connectivity index (χ2n) is 4.42. The molecule has 3 N–H and O–H groups in total. The summed E-state index contributed by atoms with van der Waals surface area (Å²) in [5.41, 5.74) is 3.86. The highest BCUT2D eigenvalue weighted by Crippen LogP contribution is 2.30. The Kier molecular flexibility index (Phi) is 3.71. The standard InChI is InChI=1S/C12H15F3N2O/c1-7-5-4-6-8(2)9(7)17-10(18)11(3,16)12(13,14)15/h4-6H,16H2,1-3H3,(H,17,18). The van der Waals surface area contributed by atoms with Crippen LogP contribution >= 0.6 is 0 Å². The molecular formula is C12H15F3N2O. The molecule has 1 atom stereocenters. The first-order chi connectivity index (χ1) is 8.07. The van der Waals surface area contributed by atoms with E-state index >= 15 is 0 Å². The van der Waals surface area contributed by atoms with E-state index in [1.165, 1.54) is 0 Å². The summed E-state index contributed by atoms with van der Waals surface area (Å²) in [6.07, 6.45) is -4.80. The van der Waals surface area contributed by atoms with Gasteiger partial charge < -0.3 is 11.1 Å². The summed E-state index contributed by atoms with van der Waals surface area (Å²) in [4.78, 5) is 11.6. The number of hydrogen-bond acceptors (Lipinski definition) is 2. The molecule has 1 unspecified atom stereocenters. The molecule has 1 aromatic carbocycles. The van der Waals surface area contributed by atoms with E-state index in [1.807, 2.05) is 0 Å². The van der Waals surface area contributed by atoms with Crippen LogP contribution < -0.4 is 11.1 Å². The Morgan fingerprint density at radius 3 is 2.06 bits per heavy atom. The molecule has 18 heavy (non-hydrogen) atoms. The van der Waals surface area contributed by atoms with Gasteiger partial charge in [0.25, 0.3) is 5.91 Å².